The zero-order valence-electron chi connectivity index (χ0n) is 15.7. The molecule has 1 unspecified atom stereocenters. The SMILES string of the molecule is O=CCC(c1ccccc1)[PH]1(O)N(c2ccccc2)CCN1c1ccccc1. The topological polar surface area (TPSA) is 43.8 Å². The summed E-state index contributed by atoms with van der Waals surface area (Å²) in [5, 5.41) is 0. The molecule has 28 heavy (non-hydrogen) atoms. The number of anilines is 2. The van der Waals surface area contributed by atoms with Gasteiger partial charge in [-0.15, -0.1) is 0 Å². The van der Waals surface area contributed by atoms with Crippen molar-refractivity contribution in [3.63, 3.8) is 0 Å². The number of carbonyl (C=O) groups excluding carboxylic acids is 1. The molecule has 4 nitrogen and oxygen atoms in total. The number of hydrogen-bond acceptors (Lipinski definition) is 4. The van der Waals surface area contributed by atoms with Crippen LogP contribution < -0.4 is 9.34 Å². The maximum atomic E-state index is 12.4. The number of aldehydes is 1. The molecule has 144 valence electrons. The predicted molar refractivity (Wildman–Crippen MR) is 118 cm³/mol. The fourth-order valence-electron chi connectivity index (χ4n) is 4.20. The van der Waals surface area contributed by atoms with E-state index >= 15 is 0 Å². The summed E-state index contributed by atoms with van der Waals surface area (Å²) in [7, 11) is -3.28. The molecule has 0 radical (unpaired) electrons. The van der Waals surface area contributed by atoms with E-state index in [1.54, 1.807) is 0 Å². The van der Waals surface area contributed by atoms with E-state index in [-0.39, 0.29) is 5.66 Å². The molecule has 1 aliphatic heterocycles. The summed E-state index contributed by atoms with van der Waals surface area (Å²) in [6, 6.07) is 30.0. The van der Waals surface area contributed by atoms with Crippen LogP contribution in [0.25, 0.3) is 0 Å². The van der Waals surface area contributed by atoms with Crippen LogP contribution in [0.4, 0.5) is 11.4 Å². The second-order valence-electron chi connectivity index (χ2n) is 7.03. The number of benzene rings is 3. The quantitative estimate of drug-likeness (QED) is 0.482. The third-order valence-corrected chi connectivity index (χ3v) is 9.54. The third kappa shape index (κ3) is 3.30. The van der Waals surface area contributed by atoms with Gasteiger partial charge in [0.25, 0.3) is 0 Å². The van der Waals surface area contributed by atoms with E-state index in [0.717, 1.165) is 36.3 Å². The van der Waals surface area contributed by atoms with E-state index in [9.17, 15) is 9.69 Å². The van der Waals surface area contributed by atoms with Crippen molar-refractivity contribution < 1.29 is 9.69 Å². The summed E-state index contributed by atoms with van der Waals surface area (Å²) in [5.74, 6) is 0. The summed E-state index contributed by atoms with van der Waals surface area (Å²) in [4.78, 5) is 24.0. The van der Waals surface area contributed by atoms with Crippen LogP contribution in [-0.2, 0) is 4.79 Å². The van der Waals surface area contributed by atoms with E-state index in [1.807, 2.05) is 91.0 Å². The molecule has 0 saturated carbocycles. The van der Waals surface area contributed by atoms with E-state index in [1.165, 1.54) is 0 Å². The summed E-state index contributed by atoms with van der Waals surface area (Å²) in [5.41, 5.74) is 2.76. The van der Waals surface area contributed by atoms with Crippen molar-refractivity contribution in [3.8, 4) is 0 Å². The van der Waals surface area contributed by atoms with Crippen LogP contribution in [0.2, 0.25) is 0 Å². The normalized spacial score (nSPS) is 17.9. The van der Waals surface area contributed by atoms with Gasteiger partial charge in [-0.2, -0.15) is 0 Å². The van der Waals surface area contributed by atoms with Crippen molar-refractivity contribution in [2.75, 3.05) is 22.4 Å². The second-order valence-corrected chi connectivity index (χ2v) is 10.2. The first kappa shape index (κ1) is 18.7. The summed E-state index contributed by atoms with van der Waals surface area (Å²) >= 11 is 0. The van der Waals surface area contributed by atoms with E-state index in [2.05, 4.69) is 9.34 Å². The second kappa shape index (κ2) is 8.14. The summed E-state index contributed by atoms with van der Waals surface area (Å²) in [6.45, 7) is 1.45. The molecule has 0 aliphatic carbocycles. The molecule has 1 saturated heterocycles. The van der Waals surface area contributed by atoms with Gasteiger partial charge in [-0.25, -0.2) is 0 Å². The van der Waals surface area contributed by atoms with Gasteiger partial charge in [-0.05, 0) is 0 Å². The zero-order chi connectivity index (χ0) is 19.4. The number of hydrogen-bond donors (Lipinski definition) is 1. The Kier molecular flexibility index (Phi) is 5.43. The minimum absolute atomic E-state index is 0.255. The Morgan fingerprint density at radius 3 is 1.64 bits per heavy atom. The Morgan fingerprint density at radius 1 is 0.786 bits per heavy atom. The van der Waals surface area contributed by atoms with Crippen molar-refractivity contribution in [2.45, 2.75) is 12.1 Å². The van der Waals surface area contributed by atoms with Crippen molar-refractivity contribution in [1.29, 1.82) is 0 Å². The Hall–Kier alpha value is -2.68. The molecule has 0 aromatic heterocycles. The summed E-state index contributed by atoms with van der Waals surface area (Å²) < 4.78 is 4.31. The molecule has 1 heterocycles. The van der Waals surface area contributed by atoms with Gasteiger partial charge in [0.1, 0.15) is 0 Å². The molecule has 1 N–H and O–H groups in total. The molecule has 5 heteroatoms. The van der Waals surface area contributed by atoms with E-state index < -0.39 is 7.79 Å². The van der Waals surface area contributed by atoms with Crippen molar-refractivity contribution in [2.24, 2.45) is 0 Å². The van der Waals surface area contributed by atoms with Crippen molar-refractivity contribution in [1.82, 2.24) is 0 Å². The van der Waals surface area contributed by atoms with E-state index in [0.29, 0.717) is 6.42 Å². The first-order valence-electron chi connectivity index (χ1n) is 9.61. The van der Waals surface area contributed by atoms with Crippen molar-refractivity contribution >= 4 is 25.5 Å². The Bertz CT molecular complexity index is 858. The van der Waals surface area contributed by atoms with Crippen LogP contribution in [0.15, 0.2) is 91.0 Å². The molecular formula is C23H25N2O2P. The number of nitrogens with zero attached hydrogens (tertiary/aromatic N) is 2. The first-order valence-corrected chi connectivity index (χ1v) is 11.5. The maximum absolute atomic E-state index is 12.4. The fourth-order valence-corrected chi connectivity index (χ4v) is 8.22. The molecule has 1 atom stereocenters. The predicted octanol–water partition coefficient (Wildman–Crippen LogP) is 4.83. The molecule has 1 fully saturated rings. The fraction of sp³-hybridized carbons (Fsp3) is 0.174. The molecule has 3 aromatic carbocycles. The van der Waals surface area contributed by atoms with Crippen LogP contribution in [-0.4, -0.2) is 24.3 Å². The van der Waals surface area contributed by atoms with Gasteiger partial charge < -0.3 is 0 Å². The van der Waals surface area contributed by atoms with Gasteiger partial charge >= 0.3 is 166 Å². The minimum atomic E-state index is -3.28. The van der Waals surface area contributed by atoms with Crippen LogP contribution in [0.1, 0.15) is 17.6 Å². The van der Waals surface area contributed by atoms with Crippen LogP contribution in [0.3, 0.4) is 0 Å². The van der Waals surface area contributed by atoms with Gasteiger partial charge in [0.2, 0.25) is 0 Å². The van der Waals surface area contributed by atoms with Gasteiger partial charge in [-0.3, -0.25) is 0 Å². The molecule has 1 aliphatic rings. The molecule has 4 rings (SSSR count). The Balaban J connectivity index is 1.86. The standard InChI is InChI=1S/C23H25N2O2P/c26-19-16-23(20-10-4-1-5-11-20)28(27)24(21-12-6-2-7-13-21)17-18-25(28)22-14-8-3-9-15-22/h1-15,19,23,27-28H,16-18H2. The first-order chi connectivity index (χ1) is 13.7. The zero-order valence-corrected chi connectivity index (χ0v) is 16.7. The number of rotatable bonds is 6. The number of para-hydroxylation sites is 2. The number of carbonyl (C=O) groups is 1. The summed E-state index contributed by atoms with van der Waals surface area (Å²) in [6.07, 6.45) is 1.23. The van der Waals surface area contributed by atoms with Gasteiger partial charge in [-0.1, -0.05) is 0 Å². The van der Waals surface area contributed by atoms with Crippen LogP contribution >= 0.6 is 7.79 Å². The monoisotopic (exact) mass is 392 g/mol. The van der Waals surface area contributed by atoms with Crippen LogP contribution in [0.5, 0.6) is 0 Å². The average Bonchev–Trinajstić information content (AvgIpc) is 3.11. The van der Waals surface area contributed by atoms with Gasteiger partial charge in [0.15, 0.2) is 0 Å². The molecule has 3 aromatic rings. The third-order valence-electron chi connectivity index (χ3n) is 5.48. The molecule has 0 amide bonds. The van der Waals surface area contributed by atoms with E-state index in [4.69, 9.17) is 0 Å². The average molecular weight is 392 g/mol. The van der Waals surface area contributed by atoms with Crippen LogP contribution in [0, 0.1) is 0 Å². The molecule has 0 bridgehead atoms. The Labute approximate surface area is 166 Å². The van der Waals surface area contributed by atoms with Crippen molar-refractivity contribution in [3.05, 3.63) is 96.6 Å². The molecule has 0 spiro atoms. The molecular weight excluding hydrogens is 367 g/mol. The van der Waals surface area contributed by atoms with Gasteiger partial charge in [0, 0.05) is 0 Å². The van der Waals surface area contributed by atoms with Gasteiger partial charge in [0.05, 0.1) is 0 Å². The Morgan fingerprint density at radius 2 is 1.21 bits per heavy atom.